The fraction of sp³-hybridized carbons (Fsp3) is 0.471. The van der Waals surface area contributed by atoms with E-state index in [1.54, 1.807) is 0 Å². The molecule has 0 saturated carbocycles. The molecule has 3 rings (SSSR count). The molecule has 0 radical (unpaired) electrons. The third-order valence-corrected chi connectivity index (χ3v) is 4.29. The predicted molar refractivity (Wildman–Crippen MR) is 76.5 cm³/mol. The Bertz CT molecular complexity index is 477. The summed E-state index contributed by atoms with van der Waals surface area (Å²) in [5, 5.41) is 0. The van der Waals surface area contributed by atoms with E-state index >= 15 is 0 Å². The second-order valence-corrected chi connectivity index (χ2v) is 5.61. The molecule has 1 fully saturated rings. The van der Waals surface area contributed by atoms with Gasteiger partial charge in [0.05, 0.1) is 5.92 Å². The highest BCUT2D eigenvalue weighted by molar-refractivity contribution is 5.83. The Hall–Kier alpha value is -1.57. The Kier molecular flexibility index (Phi) is 3.67. The minimum Gasteiger partial charge on any atom is -0.338 e. The molecule has 1 saturated heterocycles. The van der Waals surface area contributed by atoms with E-state index in [1.165, 1.54) is 24.0 Å². The average Bonchev–Trinajstić information content (AvgIpc) is 2.82. The molecule has 2 nitrogen and oxygen atoms in total. The van der Waals surface area contributed by atoms with Crippen LogP contribution in [0.1, 0.15) is 37.7 Å². The van der Waals surface area contributed by atoms with Crippen molar-refractivity contribution in [2.24, 2.45) is 5.92 Å². The standard InChI is InChI=1S/C17H21NO/c19-17-16(15-9-5-2-6-10-15)11-12-18(17)13-14-7-3-1-4-8-14/h1,3-4,7-9,16H,2,5-6,10-13H2/t16-/m1/s1. The third kappa shape index (κ3) is 2.73. The molecule has 1 aromatic rings. The van der Waals surface area contributed by atoms with Gasteiger partial charge in [-0.25, -0.2) is 0 Å². The number of hydrogen-bond donors (Lipinski definition) is 0. The van der Waals surface area contributed by atoms with Gasteiger partial charge in [0, 0.05) is 13.1 Å². The molecule has 1 amide bonds. The molecule has 0 spiro atoms. The highest BCUT2D eigenvalue weighted by Crippen LogP contribution is 2.32. The van der Waals surface area contributed by atoms with E-state index in [1.807, 2.05) is 23.1 Å². The summed E-state index contributed by atoms with van der Waals surface area (Å²) in [6.45, 7) is 1.68. The fourth-order valence-corrected chi connectivity index (χ4v) is 3.22. The maximum atomic E-state index is 12.5. The van der Waals surface area contributed by atoms with E-state index in [0.29, 0.717) is 5.91 Å². The predicted octanol–water partition coefficient (Wildman–Crippen LogP) is 3.54. The lowest BCUT2D eigenvalue weighted by Crippen LogP contribution is -2.27. The van der Waals surface area contributed by atoms with Gasteiger partial charge in [-0.1, -0.05) is 42.0 Å². The monoisotopic (exact) mass is 255 g/mol. The van der Waals surface area contributed by atoms with E-state index in [4.69, 9.17) is 0 Å². The average molecular weight is 255 g/mol. The van der Waals surface area contributed by atoms with Gasteiger partial charge in [0.25, 0.3) is 0 Å². The molecular formula is C17H21NO. The number of carbonyl (C=O) groups excluding carboxylic acids is 1. The molecule has 1 aliphatic carbocycles. The number of hydrogen-bond acceptors (Lipinski definition) is 1. The van der Waals surface area contributed by atoms with Crippen LogP contribution < -0.4 is 0 Å². The summed E-state index contributed by atoms with van der Waals surface area (Å²) in [6, 6.07) is 10.3. The van der Waals surface area contributed by atoms with Gasteiger partial charge in [0.15, 0.2) is 0 Å². The second-order valence-electron chi connectivity index (χ2n) is 5.61. The highest BCUT2D eigenvalue weighted by atomic mass is 16.2. The summed E-state index contributed by atoms with van der Waals surface area (Å²) in [7, 11) is 0. The van der Waals surface area contributed by atoms with Gasteiger partial charge in [0.2, 0.25) is 5.91 Å². The largest absolute Gasteiger partial charge is 0.338 e. The number of allylic oxidation sites excluding steroid dienone is 1. The van der Waals surface area contributed by atoms with Crippen molar-refractivity contribution < 1.29 is 4.79 Å². The lowest BCUT2D eigenvalue weighted by atomic mass is 9.88. The van der Waals surface area contributed by atoms with Crippen molar-refractivity contribution >= 4 is 5.91 Å². The number of likely N-dealkylation sites (tertiary alicyclic amines) is 1. The van der Waals surface area contributed by atoms with Crippen LogP contribution in [0.4, 0.5) is 0 Å². The quantitative estimate of drug-likeness (QED) is 0.757. The van der Waals surface area contributed by atoms with Crippen LogP contribution in [-0.4, -0.2) is 17.4 Å². The Labute approximate surface area is 115 Å². The first-order chi connectivity index (χ1) is 9.34. The molecule has 19 heavy (non-hydrogen) atoms. The first-order valence-corrected chi connectivity index (χ1v) is 7.36. The molecule has 0 unspecified atom stereocenters. The smallest absolute Gasteiger partial charge is 0.230 e. The molecule has 2 heteroatoms. The molecule has 1 aliphatic heterocycles. The van der Waals surface area contributed by atoms with Crippen molar-refractivity contribution in [2.45, 2.75) is 38.6 Å². The Morgan fingerprint density at radius 1 is 1.16 bits per heavy atom. The van der Waals surface area contributed by atoms with Gasteiger partial charge in [-0.15, -0.1) is 0 Å². The zero-order valence-corrected chi connectivity index (χ0v) is 11.3. The van der Waals surface area contributed by atoms with Crippen molar-refractivity contribution in [1.29, 1.82) is 0 Å². The van der Waals surface area contributed by atoms with Crippen LogP contribution >= 0.6 is 0 Å². The number of carbonyl (C=O) groups is 1. The van der Waals surface area contributed by atoms with Crippen LogP contribution in [0.25, 0.3) is 0 Å². The highest BCUT2D eigenvalue weighted by Gasteiger charge is 2.33. The minimum absolute atomic E-state index is 0.184. The maximum absolute atomic E-state index is 12.5. The van der Waals surface area contributed by atoms with E-state index in [-0.39, 0.29) is 5.92 Å². The molecule has 100 valence electrons. The van der Waals surface area contributed by atoms with E-state index in [2.05, 4.69) is 18.2 Å². The lowest BCUT2D eigenvalue weighted by molar-refractivity contribution is -0.130. The van der Waals surface area contributed by atoms with Crippen molar-refractivity contribution in [3.05, 3.63) is 47.5 Å². The normalized spacial score (nSPS) is 23.6. The van der Waals surface area contributed by atoms with Crippen LogP contribution in [0.5, 0.6) is 0 Å². The van der Waals surface area contributed by atoms with Crippen molar-refractivity contribution in [3.63, 3.8) is 0 Å². The zero-order valence-electron chi connectivity index (χ0n) is 11.3. The third-order valence-electron chi connectivity index (χ3n) is 4.29. The maximum Gasteiger partial charge on any atom is 0.230 e. The molecule has 0 aromatic heterocycles. The van der Waals surface area contributed by atoms with Gasteiger partial charge >= 0.3 is 0 Å². The summed E-state index contributed by atoms with van der Waals surface area (Å²) >= 11 is 0. The van der Waals surface area contributed by atoms with Crippen LogP contribution in [0.15, 0.2) is 42.0 Å². The van der Waals surface area contributed by atoms with Crippen molar-refractivity contribution in [3.8, 4) is 0 Å². The summed E-state index contributed by atoms with van der Waals surface area (Å²) in [6.07, 6.45) is 8.18. The Morgan fingerprint density at radius 2 is 2.00 bits per heavy atom. The summed E-state index contributed by atoms with van der Waals surface area (Å²) in [5.41, 5.74) is 2.64. The van der Waals surface area contributed by atoms with Gasteiger partial charge in [-0.3, -0.25) is 4.79 Å². The van der Waals surface area contributed by atoms with Crippen LogP contribution in [0.2, 0.25) is 0 Å². The van der Waals surface area contributed by atoms with Gasteiger partial charge in [-0.05, 0) is 37.7 Å². The number of amides is 1. The molecule has 1 aromatic carbocycles. The van der Waals surface area contributed by atoms with Gasteiger partial charge in [0.1, 0.15) is 0 Å². The van der Waals surface area contributed by atoms with Gasteiger partial charge < -0.3 is 4.90 Å². The van der Waals surface area contributed by atoms with Crippen LogP contribution in [0.3, 0.4) is 0 Å². The lowest BCUT2D eigenvalue weighted by Gasteiger charge is -2.20. The van der Waals surface area contributed by atoms with Crippen molar-refractivity contribution in [2.75, 3.05) is 6.54 Å². The Morgan fingerprint density at radius 3 is 2.74 bits per heavy atom. The fourth-order valence-electron chi connectivity index (χ4n) is 3.22. The second kappa shape index (κ2) is 5.60. The van der Waals surface area contributed by atoms with E-state index in [0.717, 1.165) is 32.4 Å². The molecule has 1 heterocycles. The molecule has 0 bridgehead atoms. The van der Waals surface area contributed by atoms with Crippen LogP contribution in [-0.2, 0) is 11.3 Å². The first-order valence-electron chi connectivity index (χ1n) is 7.36. The molecular weight excluding hydrogens is 234 g/mol. The van der Waals surface area contributed by atoms with Crippen molar-refractivity contribution in [1.82, 2.24) is 4.90 Å². The summed E-state index contributed by atoms with van der Waals surface area (Å²) in [4.78, 5) is 14.5. The van der Waals surface area contributed by atoms with E-state index in [9.17, 15) is 4.79 Å². The zero-order chi connectivity index (χ0) is 13.1. The molecule has 2 aliphatic rings. The topological polar surface area (TPSA) is 20.3 Å². The number of benzene rings is 1. The Balaban J connectivity index is 1.67. The van der Waals surface area contributed by atoms with Gasteiger partial charge in [-0.2, -0.15) is 0 Å². The van der Waals surface area contributed by atoms with E-state index < -0.39 is 0 Å². The number of nitrogens with zero attached hydrogens (tertiary/aromatic N) is 1. The summed E-state index contributed by atoms with van der Waals surface area (Å²) < 4.78 is 0. The SMILES string of the molecule is O=C1[C@@H](C2=CCCCC2)CCN1Cc1ccccc1. The number of rotatable bonds is 3. The minimum atomic E-state index is 0.184. The van der Waals surface area contributed by atoms with Crippen LogP contribution in [0, 0.1) is 5.92 Å². The molecule has 0 N–H and O–H groups in total. The first kappa shape index (κ1) is 12.5. The molecule has 1 atom stereocenters. The summed E-state index contributed by atoms with van der Waals surface area (Å²) in [5.74, 6) is 0.529.